The Morgan fingerprint density at radius 3 is 3.05 bits per heavy atom. The van der Waals surface area contributed by atoms with Crippen LogP contribution in [0.5, 0.6) is 5.75 Å². The van der Waals surface area contributed by atoms with E-state index in [-0.39, 0.29) is 11.4 Å². The number of aromatic nitrogens is 2. The van der Waals surface area contributed by atoms with E-state index in [1.54, 1.807) is 10.8 Å². The molecule has 2 aromatic rings. The number of anilines is 1. The summed E-state index contributed by atoms with van der Waals surface area (Å²) < 4.78 is 20.3. The molecule has 6 nitrogen and oxygen atoms in total. The number of nitrogens with two attached hydrogens (primary N) is 1. The maximum absolute atomic E-state index is 13.6. The molecular weight excluding hydrogens is 263 g/mol. The van der Waals surface area contributed by atoms with Crippen molar-refractivity contribution in [3.8, 4) is 5.75 Å². The van der Waals surface area contributed by atoms with Gasteiger partial charge in [0.15, 0.2) is 0 Å². The Hall–Kier alpha value is -2.41. The number of nitrogens with one attached hydrogen (secondary N) is 1. The third kappa shape index (κ3) is 3.12. The lowest BCUT2D eigenvalue weighted by Gasteiger charge is -2.07. The number of nitrogens with zero attached hydrogens (tertiary/aromatic N) is 2. The van der Waals surface area contributed by atoms with Gasteiger partial charge in [0, 0.05) is 25.4 Å². The molecule has 0 saturated heterocycles. The molecule has 0 radical (unpaired) electrons. The van der Waals surface area contributed by atoms with Crippen LogP contribution in [-0.4, -0.2) is 29.1 Å². The summed E-state index contributed by atoms with van der Waals surface area (Å²) in [5, 5.41) is 2.46. The number of methoxy groups -OCH3 is 1. The van der Waals surface area contributed by atoms with Crippen LogP contribution in [0, 0.1) is 5.82 Å². The second kappa shape index (κ2) is 6.16. The number of hydrogen-bond donors (Lipinski definition) is 2. The summed E-state index contributed by atoms with van der Waals surface area (Å²) in [5.41, 5.74) is 5.65. The predicted octanol–water partition coefficient (Wildman–Crippen LogP) is 1.24. The fourth-order valence-corrected chi connectivity index (χ4v) is 1.66. The molecule has 0 aliphatic rings. The van der Waals surface area contributed by atoms with Crippen molar-refractivity contribution in [1.29, 1.82) is 0 Å². The smallest absolute Gasteiger partial charge is 0.275 e. The molecule has 2 rings (SSSR count). The Labute approximate surface area is 115 Å². The number of carbonyl (C=O) groups excluding carboxylic acids is 1. The molecule has 0 fully saturated rings. The zero-order chi connectivity index (χ0) is 14.5. The summed E-state index contributed by atoms with van der Waals surface area (Å²) in [6, 6.07) is 4.10. The van der Waals surface area contributed by atoms with Gasteiger partial charge in [-0.2, -0.15) is 0 Å². The van der Waals surface area contributed by atoms with Gasteiger partial charge in [0.1, 0.15) is 17.3 Å². The van der Waals surface area contributed by atoms with Gasteiger partial charge in [-0.05, 0) is 12.1 Å². The predicted molar refractivity (Wildman–Crippen MR) is 72.2 cm³/mol. The monoisotopic (exact) mass is 278 g/mol. The van der Waals surface area contributed by atoms with Crippen molar-refractivity contribution in [2.45, 2.75) is 6.54 Å². The maximum atomic E-state index is 13.6. The van der Waals surface area contributed by atoms with Gasteiger partial charge in [0.2, 0.25) is 0 Å². The van der Waals surface area contributed by atoms with Gasteiger partial charge >= 0.3 is 0 Å². The van der Waals surface area contributed by atoms with Crippen molar-refractivity contribution in [3.63, 3.8) is 0 Å². The number of amides is 1. The SMILES string of the molecule is COc1ccc(F)c(NC(=O)c2cn(CCN)cn2)c1. The minimum atomic E-state index is -0.541. The highest BCUT2D eigenvalue weighted by atomic mass is 19.1. The van der Waals surface area contributed by atoms with Crippen LogP contribution in [0.4, 0.5) is 10.1 Å². The third-order valence-electron chi connectivity index (χ3n) is 2.67. The van der Waals surface area contributed by atoms with Crippen LogP contribution in [0.2, 0.25) is 0 Å². The summed E-state index contributed by atoms with van der Waals surface area (Å²) in [5.74, 6) is -0.580. The first kappa shape index (κ1) is 14.0. The van der Waals surface area contributed by atoms with E-state index in [0.29, 0.717) is 18.8 Å². The zero-order valence-corrected chi connectivity index (χ0v) is 11.0. The van der Waals surface area contributed by atoms with E-state index in [4.69, 9.17) is 10.5 Å². The van der Waals surface area contributed by atoms with E-state index in [9.17, 15) is 9.18 Å². The molecule has 106 valence electrons. The lowest BCUT2D eigenvalue weighted by molar-refractivity contribution is 0.102. The van der Waals surface area contributed by atoms with Gasteiger partial charge in [0.05, 0.1) is 19.1 Å². The number of imidazole rings is 1. The Kier molecular flexibility index (Phi) is 4.31. The maximum Gasteiger partial charge on any atom is 0.275 e. The average molecular weight is 278 g/mol. The Balaban J connectivity index is 2.14. The van der Waals surface area contributed by atoms with Crippen molar-refractivity contribution in [2.75, 3.05) is 19.0 Å². The summed E-state index contributed by atoms with van der Waals surface area (Å²) in [6.45, 7) is 1.01. The number of ether oxygens (including phenoxy) is 1. The number of benzene rings is 1. The molecule has 0 atom stereocenters. The van der Waals surface area contributed by atoms with Crippen molar-refractivity contribution < 1.29 is 13.9 Å². The highest BCUT2D eigenvalue weighted by Crippen LogP contribution is 2.21. The van der Waals surface area contributed by atoms with E-state index in [0.717, 1.165) is 0 Å². The van der Waals surface area contributed by atoms with E-state index in [1.165, 1.54) is 31.6 Å². The van der Waals surface area contributed by atoms with Crippen LogP contribution in [0.15, 0.2) is 30.7 Å². The Bertz CT molecular complexity index is 612. The molecule has 7 heteroatoms. The molecule has 0 spiro atoms. The van der Waals surface area contributed by atoms with Gasteiger partial charge in [0.25, 0.3) is 5.91 Å². The third-order valence-corrected chi connectivity index (χ3v) is 2.67. The molecule has 1 aromatic carbocycles. The molecule has 1 aromatic heterocycles. The second-order valence-electron chi connectivity index (χ2n) is 4.09. The quantitative estimate of drug-likeness (QED) is 0.862. The fourth-order valence-electron chi connectivity index (χ4n) is 1.66. The zero-order valence-electron chi connectivity index (χ0n) is 11.0. The Morgan fingerprint density at radius 2 is 2.35 bits per heavy atom. The van der Waals surface area contributed by atoms with Crippen LogP contribution in [0.1, 0.15) is 10.5 Å². The number of rotatable bonds is 5. The van der Waals surface area contributed by atoms with Crippen LogP contribution in [-0.2, 0) is 6.54 Å². The van der Waals surface area contributed by atoms with Gasteiger partial charge in [-0.25, -0.2) is 9.37 Å². The molecule has 1 amide bonds. The highest BCUT2D eigenvalue weighted by Gasteiger charge is 2.12. The standard InChI is InChI=1S/C13H15FN4O2/c1-20-9-2-3-10(14)11(6-9)17-13(19)12-7-18(5-4-15)8-16-12/h2-3,6-8H,4-5,15H2,1H3,(H,17,19). The molecule has 0 unspecified atom stereocenters. The number of hydrogen-bond acceptors (Lipinski definition) is 4. The first-order valence-corrected chi connectivity index (χ1v) is 6.00. The minimum absolute atomic E-state index is 0.0442. The van der Waals surface area contributed by atoms with Gasteiger partial charge in [-0.1, -0.05) is 0 Å². The second-order valence-corrected chi connectivity index (χ2v) is 4.09. The van der Waals surface area contributed by atoms with Crippen LogP contribution in [0.25, 0.3) is 0 Å². The van der Waals surface area contributed by atoms with Gasteiger partial charge < -0.3 is 20.4 Å². The summed E-state index contributed by atoms with van der Waals surface area (Å²) >= 11 is 0. The molecule has 20 heavy (non-hydrogen) atoms. The van der Waals surface area contributed by atoms with Crippen molar-refractivity contribution in [3.05, 3.63) is 42.2 Å². The van der Waals surface area contributed by atoms with Crippen molar-refractivity contribution in [1.82, 2.24) is 9.55 Å². The number of carbonyl (C=O) groups is 1. The lowest BCUT2D eigenvalue weighted by atomic mass is 10.2. The first-order chi connectivity index (χ1) is 9.63. The summed E-state index contributed by atoms with van der Waals surface area (Å²) in [7, 11) is 1.47. The average Bonchev–Trinajstić information content (AvgIpc) is 2.90. The van der Waals surface area contributed by atoms with Crippen LogP contribution >= 0.6 is 0 Å². The molecule has 0 aliphatic carbocycles. The minimum Gasteiger partial charge on any atom is -0.497 e. The molecule has 0 bridgehead atoms. The normalized spacial score (nSPS) is 10.3. The number of halogens is 1. The summed E-state index contributed by atoms with van der Waals surface area (Å²) in [4.78, 5) is 15.9. The fraction of sp³-hybridized carbons (Fsp3) is 0.231. The van der Waals surface area contributed by atoms with E-state index in [1.807, 2.05) is 0 Å². The first-order valence-electron chi connectivity index (χ1n) is 6.00. The molecule has 1 heterocycles. The van der Waals surface area contributed by atoms with Gasteiger partial charge in [-0.15, -0.1) is 0 Å². The topological polar surface area (TPSA) is 82.2 Å². The highest BCUT2D eigenvalue weighted by molar-refractivity contribution is 6.02. The molecule has 3 N–H and O–H groups in total. The summed E-state index contributed by atoms with van der Waals surface area (Å²) in [6.07, 6.45) is 3.06. The van der Waals surface area contributed by atoms with Crippen molar-refractivity contribution in [2.24, 2.45) is 5.73 Å². The van der Waals surface area contributed by atoms with E-state index >= 15 is 0 Å². The van der Waals surface area contributed by atoms with E-state index in [2.05, 4.69) is 10.3 Å². The largest absolute Gasteiger partial charge is 0.497 e. The lowest BCUT2D eigenvalue weighted by Crippen LogP contribution is -2.14. The molecule has 0 saturated carbocycles. The van der Waals surface area contributed by atoms with Gasteiger partial charge in [-0.3, -0.25) is 4.79 Å². The van der Waals surface area contributed by atoms with Crippen LogP contribution in [0.3, 0.4) is 0 Å². The van der Waals surface area contributed by atoms with E-state index < -0.39 is 11.7 Å². The Morgan fingerprint density at radius 1 is 1.55 bits per heavy atom. The van der Waals surface area contributed by atoms with Crippen molar-refractivity contribution >= 4 is 11.6 Å². The molecular formula is C13H15FN4O2. The molecule has 0 aliphatic heterocycles. The van der Waals surface area contributed by atoms with Crippen LogP contribution < -0.4 is 15.8 Å².